The molecule has 2 rings (SSSR count). The van der Waals surface area contributed by atoms with Crippen LogP contribution >= 0.6 is 22.6 Å². The van der Waals surface area contributed by atoms with E-state index in [-0.39, 0.29) is 0 Å². The molecule has 0 radical (unpaired) electrons. The van der Waals surface area contributed by atoms with Crippen molar-refractivity contribution in [1.29, 1.82) is 0 Å². The van der Waals surface area contributed by atoms with Gasteiger partial charge in [-0.25, -0.2) is 0 Å². The number of aromatic nitrogens is 4. The Morgan fingerprint density at radius 1 is 1.35 bits per heavy atom. The van der Waals surface area contributed by atoms with E-state index in [4.69, 9.17) is 0 Å². The van der Waals surface area contributed by atoms with E-state index in [9.17, 15) is 0 Å². The van der Waals surface area contributed by atoms with Crippen LogP contribution in [0.4, 0.5) is 0 Å². The zero-order valence-electron chi connectivity index (χ0n) is 10.2. The Labute approximate surface area is 115 Å². The van der Waals surface area contributed by atoms with Crippen LogP contribution in [0, 0.1) is 16.4 Å². The predicted molar refractivity (Wildman–Crippen MR) is 75.5 cm³/mol. The van der Waals surface area contributed by atoms with Gasteiger partial charge in [-0.1, -0.05) is 13.8 Å². The summed E-state index contributed by atoms with van der Waals surface area (Å²) >= 11 is 2.32. The molecule has 2 heterocycles. The van der Waals surface area contributed by atoms with Crippen molar-refractivity contribution < 1.29 is 0 Å². The Balaban J connectivity index is 2.43. The van der Waals surface area contributed by atoms with Crippen molar-refractivity contribution in [2.24, 2.45) is 5.92 Å². The van der Waals surface area contributed by atoms with Crippen LogP contribution in [0.15, 0.2) is 18.6 Å². The molecule has 2 aromatic rings. The lowest BCUT2D eigenvalue weighted by Gasteiger charge is -2.06. The molecule has 0 atom stereocenters. The van der Waals surface area contributed by atoms with E-state index in [1.165, 1.54) is 5.69 Å². The van der Waals surface area contributed by atoms with Crippen LogP contribution in [0.1, 0.15) is 19.5 Å². The van der Waals surface area contributed by atoms with E-state index in [2.05, 4.69) is 63.1 Å². The highest BCUT2D eigenvalue weighted by molar-refractivity contribution is 14.1. The van der Waals surface area contributed by atoms with Gasteiger partial charge < -0.3 is 0 Å². The number of hydrogen-bond acceptors (Lipinski definition) is 3. The second-order valence-corrected chi connectivity index (χ2v) is 5.49. The van der Waals surface area contributed by atoms with Crippen LogP contribution in [0.3, 0.4) is 0 Å². The lowest BCUT2D eigenvalue weighted by molar-refractivity contribution is 0.475. The summed E-state index contributed by atoms with van der Waals surface area (Å²) in [7, 11) is 0. The van der Waals surface area contributed by atoms with Gasteiger partial charge in [0, 0.05) is 24.6 Å². The largest absolute Gasteiger partial charge is 0.268 e. The summed E-state index contributed by atoms with van der Waals surface area (Å²) in [5.74, 6) is 0.583. The highest BCUT2D eigenvalue weighted by atomic mass is 127. The molecular weight excluding hydrogens is 327 g/mol. The highest BCUT2D eigenvalue weighted by Crippen LogP contribution is 2.24. The maximum absolute atomic E-state index is 4.63. The lowest BCUT2D eigenvalue weighted by Crippen LogP contribution is -2.07. The molecule has 0 aliphatic rings. The van der Waals surface area contributed by atoms with E-state index < -0.39 is 0 Å². The second-order valence-electron chi connectivity index (χ2n) is 4.41. The van der Waals surface area contributed by atoms with Crippen LogP contribution in [-0.2, 0) is 6.54 Å². The van der Waals surface area contributed by atoms with E-state index in [1.807, 2.05) is 0 Å². The van der Waals surface area contributed by atoms with Crippen molar-refractivity contribution in [2.45, 2.75) is 27.3 Å². The molecule has 0 aliphatic heterocycles. The maximum atomic E-state index is 4.63. The van der Waals surface area contributed by atoms with Gasteiger partial charge in [0.05, 0.1) is 9.77 Å². The molecule has 5 heteroatoms. The molecule has 90 valence electrons. The van der Waals surface area contributed by atoms with Crippen LogP contribution < -0.4 is 0 Å². The van der Waals surface area contributed by atoms with Gasteiger partial charge in [0.15, 0.2) is 0 Å². The smallest absolute Gasteiger partial charge is 0.126 e. The molecule has 0 aliphatic carbocycles. The van der Waals surface area contributed by atoms with E-state index in [0.717, 1.165) is 21.5 Å². The predicted octanol–water partition coefficient (Wildman–Crippen LogP) is 2.91. The minimum atomic E-state index is 0.583. The van der Waals surface area contributed by atoms with Crippen molar-refractivity contribution in [1.82, 2.24) is 19.7 Å². The molecular formula is C12H15IN4. The maximum Gasteiger partial charge on any atom is 0.126 e. The molecule has 0 fully saturated rings. The van der Waals surface area contributed by atoms with Crippen molar-refractivity contribution in [3.63, 3.8) is 0 Å². The van der Waals surface area contributed by atoms with Crippen LogP contribution in [0.5, 0.6) is 0 Å². The summed E-state index contributed by atoms with van der Waals surface area (Å²) in [5, 5.41) is 4.63. The average molecular weight is 342 g/mol. The number of rotatable bonds is 3. The summed E-state index contributed by atoms with van der Waals surface area (Å²) in [5.41, 5.74) is 2.96. The molecule has 0 saturated heterocycles. The number of hydrogen-bond donors (Lipinski definition) is 0. The summed E-state index contributed by atoms with van der Waals surface area (Å²) in [4.78, 5) is 8.39. The van der Waals surface area contributed by atoms with Crippen LogP contribution in [0.25, 0.3) is 11.4 Å². The van der Waals surface area contributed by atoms with Gasteiger partial charge in [0.1, 0.15) is 11.4 Å². The lowest BCUT2D eigenvalue weighted by atomic mass is 10.2. The number of halogens is 1. The molecule has 0 unspecified atom stereocenters. The number of nitrogens with zero attached hydrogens (tertiary/aromatic N) is 4. The third kappa shape index (κ3) is 2.65. The van der Waals surface area contributed by atoms with Crippen molar-refractivity contribution in [2.75, 3.05) is 0 Å². The summed E-state index contributed by atoms with van der Waals surface area (Å²) in [6.07, 6.45) is 5.13. The molecule has 17 heavy (non-hydrogen) atoms. The van der Waals surface area contributed by atoms with Gasteiger partial charge in [-0.2, -0.15) is 5.10 Å². The Morgan fingerprint density at radius 3 is 2.71 bits per heavy atom. The second kappa shape index (κ2) is 5.12. The highest BCUT2D eigenvalue weighted by Gasteiger charge is 2.15. The van der Waals surface area contributed by atoms with Crippen LogP contribution in [-0.4, -0.2) is 19.7 Å². The third-order valence-electron chi connectivity index (χ3n) is 2.48. The molecule has 2 aromatic heterocycles. The van der Waals surface area contributed by atoms with Gasteiger partial charge in [0.25, 0.3) is 0 Å². The van der Waals surface area contributed by atoms with Gasteiger partial charge in [0.2, 0.25) is 0 Å². The minimum absolute atomic E-state index is 0.583. The van der Waals surface area contributed by atoms with Crippen molar-refractivity contribution >= 4 is 22.6 Å². The average Bonchev–Trinajstić information content (AvgIpc) is 2.58. The van der Waals surface area contributed by atoms with Crippen molar-refractivity contribution in [3.8, 4) is 11.4 Å². The standard InChI is InChI=1S/C12H15IN4/c1-8(2)7-17-9(3)11(13)12(16-17)10-6-14-4-5-15-10/h4-6,8H,7H2,1-3H3. The van der Waals surface area contributed by atoms with Gasteiger partial charge in [-0.3, -0.25) is 14.6 Å². The van der Waals surface area contributed by atoms with Gasteiger partial charge in [-0.15, -0.1) is 0 Å². The fraction of sp³-hybridized carbons (Fsp3) is 0.417. The molecule has 4 nitrogen and oxygen atoms in total. The fourth-order valence-electron chi connectivity index (χ4n) is 1.63. The summed E-state index contributed by atoms with van der Waals surface area (Å²) < 4.78 is 3.21. The zero-order chi connectivity index (χ0) is 12.4. The molecule has 0 amide bonds. The minimum Gasteiger partial charge on any atom is -0.268 e. The normalized spacial score (nSPS) is 11.1. The summed E-state index contributed by atoms with van der Waals surface area (Å²) in [6.45, 7) is 7.41. The molecule has 0 aromatic carbocycles. The first kappa shape index (κ1) is 12.5. The Kier molecular flexibility index (Phi) is 3.76. The third-order valence-corrected chi connectivity index (χ3v) is 3.77. The van der Waals surface area contributed by atoms with Gasteiger partial charge >= 0.3 is 0 Å². The van der Waals surface area contributed by atoms with E-state index in [1.54, 1.807) is 18.6 Å². The first-order valence-electron chi connectivity index (χ1n) is 5.59. The molecule has 0 saturated carbocycles. The first-order valence-corrected chi connectivity index (χ1v) is 6.66. The molecule has 0 spiro atoms. The Hall–Kier alpha value is -0.980. The van der Waals surface area contributed by atoms with E-state index >= 15 is 0 Å². The summed E-state index contributed by atoms with van der Waals surface area (Å²) in [6, 6.07) is 0. The molecule has 0 N–H and O–H groups in total. The molecule has 0 bridgehead atoms. The van der Waals surface area contributed by atoms with Crippen molar-refractivity contribution in [3.05, 3.63) is 27.9 Å². The quantitative estimate of drug-likeness (QED) is 0.806. The van der Waals surface area contributed by atoms with Gasteiger partial charge in [-0.05, 0) is 35.4 Å². The first-order chi connectivity index (χ1) is 8.09. The Morgan fingerprint density at radius 2 is 2.12 bits per heavy atom. The SMILES string of the molecule is Cc1c(I)c(-c2cnccn2)nn1CC(C)C. The Bertz CT molecular complexity index is 505. The zero-order valence-corrected chi connectivity index (χ0v) is 12.3. The monoisotopic (exact) mass is 342 g/mol. The van der Waals surface area contributed by atoms with Crippen LogP contribution in [0.2, 0.25) is 0 Å². The topological polar surface area (TPSA) is 43.6 Å². The fourth-order valence-corrected chi connectivity index (χ4v) is 2.30. The van der Waals surface area contributed by atoms with E-state index in [0.29, 0.717) is 5.92 Å².